The summed E-state index contributed by atoms with van der Waals surface area (Å²) in [6.07, 6.45) is 1.10. The lowest BCUT2D eigenvalue weighted by atomic mass is 10.2. The standard InChI is InChI=1S/C14H14BrNO2/c1-9-3-5-12(15)7-13(9)18-14-6-4-11(8-16-14)10(2)17/h3-8,10,17H,1-2H3/t10-/m1/s1. The Hall–Kier alpha value is -1.39. The number of hydrogen-bond donors (Lipinski definition) is 1. The summed E-state index contributed by atoms with van der Waals surface area (Å²) in [5.41, 5.74) is 1.81. The Morgan fingerprint density at radius 1 is 1.28 bits per heavy atom. The van der Waals surface area contributed by atoms with E-state index >= 15 is 0 Å². The molecule has 1 aromatic heterocycles. The van der Waals surface area contributed by atoms with Crippen molar-refractivity contribution in [3.8, 4) is 11.6 Å². The maximum atomic E-state index is 9.40. The van der Waals surface area contributed by atoms with E-state index in [1.54, 1.807) is 25.3 Å². The molecule has 3 nitrogen and oxygen atoms in total. The molecular weight excluding hydrogens is 294 g/mol. The summed E-state index contributed by atoms with van der Waals surface area (Å²) in [5, 5.41) is 9.40. The lowest BCUT2D eigenvalue weighted by Gasteiger charge is -2.09. The van der Waals surface area contributed by atoms with E-state index < -0.39 is 6.10 Å². The summed E-state index contributed by atoms with van der Waals surface area (Å²) in [4.78, 5) is 4.17. The Morgan fingerprint density at radius 2 is 2.06 bits per heavy atom. The normalized spacial score (nSPS) is 12.2. The first kappa shape index (κ1) is 13.1. The van der Waals surface area contributed by atoms with Crippen LogP contribution in [0.4, 0.5) is 0 Å². The van der Waals surface area contributed by atoms with Crippen LogP contribution in [-0.4, -0.2) is 10.1 Å². The van der Waals surface area contributed by atoms with Gasteiger partial charge in [0, 0.05) is 16.7 Å². The molecule has 2 rings (SSSR count). The molecule has 94 valence electrons. The molecule has 0 radical (unpaired) electrons. The SMILES string of the molecule is Cc1ccc(Br)cc1Oc1ccc([C@@H](C)O)cn1. The van der Waals surface area contributed by atoms with Gasteiger partial charge in [0.05, 0.1) is 6.10 Å². The summed E-state index contributed by atoms with van der Waals surface area (Å²) in [6, 6.07) is 9.40. The number of hydrogen-bond acceptors (Lipinski definition) is 3. The molecule has 1 aromatic carbocycles. The van der Waals surface area contributed by atoms with Crippen LogP contribution in [0, 0.1) is 6.92 Å². The van der Waals surface area contributed by atoms with Gasteiger partial charge in [0.15, 0.2) is 0 Å². The molecule has 4 heteroatoms. The van der Waals surface area contributed by atoms with Crippen LogP contribution in [0.3, 0.4) is 0 Å². The first-order valence-corrected chi connectivity index (χ1v) is 6.43. The number of rotatable bonds is 3. The highest BCUT2D eigenvalue weighted by Crippen LogP contribution is 2.27. The van der Waals surface area contributed by atoms with Gasteiger partial charge in [0.1, 0.15) is 5.75 Å². The zero-order valence-corrected chi connectivity index (χ0v) is 11.8. The average Bonchev–Trinajstić information content (AvgIpc) is 2.34. The number of ether oxygens (including phenoxy) is 1. The fourth-order valence-electron chi connectivity index (χ4n) is 1.50. The lowest BCUT2D eigenvalue weighted by molar-refractivity contribution is 0.198. The van der Waals surface area contributed by atoms with Crippen LogP contribution in [-0.2, 0) is 0 Å². The highest BCUT2D eigenvalue weighted by atomic mass is 79.9. The Balaban J connectivity index is 2.21. The number of pyridine rings is 1. The number of halogens is 1. The average molecular weight is 308 g/mol. The van der Waals surface area contributed by atoms with Crippen LogP contribution in [0.2, 0.25) is 0 Å². The van der Waals surface area contributed by atoms with E-state index in [1.165, 1.54) is 0 Å². The fraction of sp³-hybridized carbons (Fsp3) is 0.214. The molecule has 18 heavy (non-hydrogen) atoms. The number of aromatic nitrogens is 1. The third-order valence-electron chi connectivity index (χ3n) is 2.61. The predicted octanol–water partition coefficient (Wildman–Crippen LogP) is 4.00. The highest BCUT2D eigenvalue weighted by Gasteiger charge is 2.05. The molecule has 0 fully saturated rings. The van der Waals surface area contributed by atoms with Gasteiger partial charge in [-0.25, -0.2) is 4.98 Å². The first-order valence-electron chi connectivity index (χ1n) is 5.64. The van der Waals surface area contributed by atoms with E-state index in [0.717, 1.165) is 21.3 Å². The van der Waals surface area contributed by atoms with Crippen LogP contribution in [0.15, 0.2) is 41.0 Å². The Morgan fingerprint density at radius 3 is 2.67 bits per heavy atom. The molecule has 1 heterocycles. The molecule has 0 unspecified atom stereocenters. The number of aryl methyl sites for hydroxylation is 1. The van der Waals surface area contributed by atoms with Crippen molar-refractivity contribution in [2.24, 2.45) is 0 Å². The van der Waals surface area contributed by atoms with Gasteiger partial charge in [-0.05, 0) is 43.2 Å². The molecule has 0 saturated carbocycles. The maximum Gasteiger partial charge on any atom is 0.219 e. The van der Waals surface area contributed by atoms with Gasteiger partial charge >= 0.3 is 0 Å². The monoisotopic (exact) mass is 307 g/mol. The second kappa shape index (κ2) is 5.50. The molecule has 0 saturated heterocycles. The van der Waals surface area contributed by atoms with Crippen molar-refractivity contribution in [3.05, 3.63) is 52.1 Å². The lowest BCUT2D eigenvalue weighted by Crippen LogP contribution is -1.94. The summed E-state index contributed by atoms with van der Waals surface area (Å²) in [6.45, 7) is 3.68. The maximum absolute atomic E-state index is 9.40. The molecule has 0 bridgehead atoms. The molecule has 0 spiro atoms. The molecule has 1 atom stereocenters. The van der Waals surface area contributed by atoms with E-state index in [1.807, 2.05) is 25.1 Å². The minimum Gasteiger partial charge on any atom is -0.439 e. The molecule has 0 aliphatic carbocycles. The molecule has 0 aliphatic rings. The van der Waals surface area contributed by atoms with Crippen molar-refractivity contribution < 1.29 is 9.84 Å². The number of nitrogens with zero attached hydrogens (tertiary/aromatic N) is 1. The van der Waals surface area contributed by atoms with Crippen LogP contribution < -0.4 is 4.74 Å². The quantitative estimate of drug-likeness (QED) is 0.932. The molecule has 2 aromatic rings. The zero-order valence-electron chi connectivity index (χ0n) is 10.2. The highest BCUT2D eigenvalue weighted by molar-refractivity contribution is 9.10. The molecule has 0 aliphatic heterocycles. The Labute approximate surface area is 115 Å². The van der Waals surface area contributed by atoms with Gasteiger partial charge < -0.3 is 9.84 Å². The van der Waals surface area contributed by atoms with Crippen molar-refractivity contribution in [2.45, 2.75) is 20.0 Å². The fourth-order valence-corrected chi connectivity index (χ4v) is 1.84. The minimum atomic E-state index is -0.515. The molecule has 0 amide bonds. The molecular formula is C14H14BrNO2. The third kappa shape index (κ3) is 3.09. The van der Waals surface area contributed by atoms with Crippen molar-refractivity contribution in [1.29, 1.82) is 0 Å². The Kier molecular flexibility index (Phi) is 3.99. The summed E-state index contributed by atoms with van der Waals surface area (Å²) < 4.78 is 6.66. The zero-order chi connectivity index (χ0) is 13.1. The van der Waals surface area contributed by atoms with Gasteiger partial charge in [-0.1, -0.05) is 22.0 Å². The van der Waals surface area contributed by atoms with E-state index in [4.69, 9.17) is 4.74 Å². The summed E-state index contributed by atoms with van der Waals surface area (Å²) >= 11 is 3.41. The van der Waals surface area contributed by atoms with Gasteiger partial charge in [-0.3, -0.25) is 0 Å². The summed E-state index contributed by atoms with van der Waals surface area (Å²) in [7, 11) is 0. The van der Waals surface area contributed by atoms with Gasteiger partial charge in [0.2, 0.25) is 5.88 Å². The van der Waals surface area contributed by atoms with Crippen molar-refractivity contribution in [2.75, 3.05) is 0 Å². The van der Waals surface area contributed by atoms with Gasteiger partial charge in [0.25, 0.3) is 0 Å². The van der Waals surface area contributed by atoms with E-state index in [0.29, 0.717) is 5.88 Å². The largest absolute Gasteiger partial charge is 0.439 e. The van der Waals surface area contributed by atoms with Gasteiger partial charge in [-0.2, -0.15) is 0 Å². The summed E-state index contributed by atoms with van der Waals surface area (Å²) in [5.74, 6) is 1.28. The predicted molar refractivity (Wildman–Crippen MR) is 73.8 cm³/mol. The number of aliphatic hydroxyl groups is 1. The topological polar surface area (TPSA) is 42.4 Å². The van der Waals surface area contributed by atoms with Crippen molar-refractivity contribution in [1.82, 2.24) is 4.98 Å². The van der Waals surface area contributed by atoms with Gasteiger partial charge in [-0.15, -0.1) is 0 Å². The van der Waals surface area contributed by atoms with Crippen LogP contribution >= 0.6 is 15.9 Å². The van der Waals surface area contributed by atoms with E-state index in [2.05, 4.69) is 20.9 Å². The van der Waals surface area contributed by atoms with Crippen LogP contribution in [0.1, 0.15) is 24.2 Å². The number of benzene rings is 1. The van der Waals surface area contributed by atoms with Crippen molar-refractivity contribution >= 4 is 15.9 Å². The van der Waals surface area contributed by atoms with Crippen molar-refractivity contribution in [3.63, 3.8) is 0 Å². The third-order valence-corrected chi connectivity index (χ3v) is 3.10. The second-order valence-electron chi connectivity index (χ2n) is 4.12. The first-order chi connectivity index (χ1) is 8.56. The van der Waals surface area contributed by atoms with Crippen LogP contribution in [0.5, 0.6) is 11.6 Å². The van der Waals surface area contributed by atoms with Crippen LogP contribution in [0.25, 0.3) is 0 Å². The number of aliphatic hydroxyl groups excluding tert-OH is 1. The van der Waals surface area contributed by atoms with E-state index in [-0.39, 0.29) is 0 Å². The smallest absolute Gasteiger partial charge is 0.219 e. The molecule has 1 N–H and O–H groups in total. The minimum absolute atomic E-state index is 0.514. The van der Waals surface area contributed by atoms with E-state index in [9.17, 15) is 5.11 Å². The second-order valence-corrected chi connectivity index (χ2v) is 5.03. The Bertz CT molecular complexity index is 538.